The highest BCUT2D eigenvalue weighted by molar-refractivity contribution is 5.70. The van der Waals surface area contributed by atoms with Crippen LogP contribution in [0.3, 0.4) is 0 Å². The Labute approximate surface area is 133 Å². The number of halogens is 3. The van der Waals surface area contributed by atoms with Crippen LogP contribution in [-0.4, -0.2) is 38.3 Å². The van der Waals surface area contributed by atoms with E-state index in [4.69, 9.17) is 15.0 Å². The van der Waals surface area contributed by atoms with Gasteiger partial charge in [0.05, 0.1) is 0 Å². The number of carbonyl (C=O) groups is 2. The molecule has 2 rings (SSSR count). The van der Waals surface area contributed by atoms with Gasteiger partial charge in [-0.2, -0.15) is 13.2 Å². The Kier molecular flexibility index (Phi) is 6.71. The first-order valence-electron chi connectivity index (χ1n) is 6.33. The second-order valence-corrected chi connectivity index (χ2v) is 4.18. The third kappa shape index (κ3) is 6.77. The standard InChI is InChI=1S/C11H10N4O2.C2HF3O2/c16-10(17)3-7-15-6-2-9(8-14-15)11-12-4-1-5-13-11;3-2(4,5)1(6)7/h1-2,4-6,8H,3,7H2;(H,6,7). The summed E-state index contributed by atoms with van der Waals surface area (Å²) in [6, 6.07) is 3.55. The molecule has 0 radical (unpaired) electrons. The minimum absolute atomic E-state index is 0.0544. The monoisotopic (exact) mass is 344 g/mol. The molecule has 0 saturated carbocycles. The van der Waals surface area contributed by atoms with E-state index in [1.54, 1.807) is 35.5 Å². The molecule has 0 saturated heterocycles. The smallest absolute Gasteiger partial charge is 0.430 e. The van der Waals surface area contributed by atoms with Gasteiger partial charge in [0.2, 0.25) is 0 Å². The van der Waals surface area contributed by atoms with Crippen molar-refractivity contribution in [3.63, 3.8) is 0 Å². The van der Waals surface area contributed by atoms with E-state index < -0.39 is 18.1 Å². The molecule has 0 aliphatic rings. The summed E-state index contributed by atoms with van der Waals surface area (Å²) >= 11 is 0. The minimum Gasteiger partial charge on any atom is -0.542 e. The normalized spacial score (nSPS) is 10.5. The highest BCUT2D eigenvalue weighted by Crippen LogP contribution is 2.11. The fourth-order valence-corrected chi connectivity index (χ4v) is 1.31. The largest absolute Gasteiger partial charge is 0.542 e. The van der Waals surface area contributed by atoms with Gasteiger partial charge in [0.1, 0.15) is 18.6 Å². The summed E-state index contributed by atoms with van der Waals surface area (Å²) in [6.45, 7) is 0.352. The molecule has 0 unspecified atom stereocenters. The van der Waals surface area contributed by atoms with Crippen molar-refractivity contribution in [1.29, 1.82) is 0 Å². The van der Waals surface area contributed by atoms with Gasteiger partial charge in [-0.05, 0) is 11.2 Å². The molecule has 0 spiro atoms. The number of nitrogens with zero attached hydrogens (tertiary/aromatic N) is 4. The van der Waals surface area contributed by atoms with Crippen molar-refractivity contribution in [2.24, 2.45) is 0 Å². The predicted molar refractivity (Wildman–Crippen MR) is 68.8 cm³/mol. The maximum absolute atomic E-state index is 10.5. The molecule has 8 nitrogen and oxygen atoms in total. The van der Waals surface area contributed by atoms with Gasteiger partial charge in [-0.15, -0.1) is 0 Å². The van der Waals surface area contributed by atoms with Gasteiger partial charge in [0, 0.05) is 24.0 Å². The molecule has 2 aromatic heterocycles. The number of hydrogen-bond donors (Lipinski definition) is 1. The summed E-state index contributed by atoms with van der Waals surface area (Å²) in [5, 5.41) is 21.4. The number of carboxylic acids is 2. The van der Waals surface area contributed by atoms with Crippen LogP contribution in [0.25, 0.3) is 11.4 Å². The summed E-state index contributed by atoms with van der Waals surface area (Å²) in [5.41, 5.74) is 0.803. The molecule has 0 atom stereocenters. The Morgan fingerprint density at radius 3 is 2.25 bits per heavy atom. The average molecular weight is 344 g/mol. The number of aromatic nitrogens is 4. The van der Waals surface area contributed by atoms with Crippen molar-refractivity contribution in [2.45, 2.75) is 19.1 Å². The fraction of sp³-hybridized carbons (Fsp3) is 0.231. The number of alkyl halides is 3. The maximum Gasteiger partial charge on any atom is 0.430 e. The third-order valence-electron chi connectivity index (χ3n) is 2.38. The summed E-state index contributed by atoms with van der Waals surface area (Å²) < 4.78 is 33.1. The van der Waals surface area contributed by atoms with Gasteiger partial charge in [-0.1, -0.05) is 4.68 Å². The van der Waals surface area contributed by atoms with Crippen molar-refractivity contribution >= 4 is 11.9 Å². The van der Waals surface area contributed by atoms with Crippen molar-refractivity contribution in [2.75, 3.05) is 0 Å². The lowest BCUT2D eigenvalue weighted by Gasteiger charge is -2.03. The van der Waals surface area contributed by atoms with Crippen LogP contribution in [0.1, 0.15) is 6.42 Å². The lowest BCUT2D eigenvalue weighted by Crippen LogP contribution is -2.38. The first-order chi connectivity index (χ1) is 11.2. The molecule has 1 N–H and O–H groups in total. The average Bonchev–Trinajstić information content (AvgIpc) is 2.54. The Hall–Kier alpha value is -3.11. The zero-order valence-electron chi connectivity index (χ0n) is 12.0. The van der Waals surface area contributed by atoms with Gasteiger partial charge in [0.25, 0.3) is 0 Å². The van der Waals surface area contributed by atoms with Crippen molar-refractivity contribution < 1.29 is 37.7 Å². The quantitative estimate of drug-likeness (QED) is 0.749. The number of aryl methyl sites for hydroxylation is 1. The van der Waals surface area contributed by atoms with Gasteiger partial charge in [-0.25, -0.2) is 9.97 Å². The Morgan fingerprint density at radius 1 is 1.25 bits per heavy atom. The van der Waals surface area contributed by atoms with E-state index in [1.165, 1.54) is 0 Å². The van der Waals surface area contributed by atoms with E-state index in [-0.39, 0.29) is 6.42 Å². The Morgan fingerprint density at radius 2 is 1.83 bits per heavy atom. The minimum atomic E-state index is -5.19. The summed E-state index contributed by atoms with van der Waals surface area (Å²) in [4.78, 5) is 27.4. The summed E-state index contributed by atoms with van der Waals surface area (Å²) in [6.07, 6.45) is 1.52. The van der Waals surface area contributed by atoms with E-state index >= 15 is 0 Å². The molecular formula is C13H11F3N4O4. The van der Waals surface area contributed by atoms with E-state index in [0.29, 0.717) is 12.4 Å². The second kappa shape index (κ2) is 8.50. The lowest BCUT2D eigenvalue weighted by molar-refractivity contribution is -0.752. The Balaban J connectivity index is 0.000000351. The van der Waals surface area contributed by atoms with Gasteiger partial charge >= 0.3 is 12.1 Å². The molecule has 2 heterocycles. The molecule has 0 aliphatic carbocycles. The first kappa shape index (κ1) is 18.9. The SMILES string of the molecule is O=C(O)CC[n+]1ccc(-c2ncccn2)cn1.O=C([O-])C(F)(F)F. The van der Waals surface area contributed by atoms with Crippen LogP contribution in [0.5, 0.6) is 0 Å². The summed E-state index contributed by atoms with van der Waals surface area (Å²) in [5.74, 6) is -3.24. The summed E-state index contributed by atoms with van der Waals surface area (Å²) in [7, 11) is 0. The van der Waals surface area contributed by atoms with E-state index in [1.807, 2.05) is 6.07 Å². The number of rotatable bonds is 4. The second-order valence-electron chi connectivity index (χ2n) is 4.18. The molecule has 11 heteroatoms. The molecule has 0 aromatic carbocycles. The molecule has 0 bridgehead atoms. The highest BCUT2D eigenvalue weighted by Gasteiger charge is 2.28. The first-order valence-corrected chi connectivity index (χ1v) is 6.33. The number of carboxylic acid groups (broad SMARTS) is 2. The molecule has 2 aromatic rings. The van der Waals surface area contributed by atoms with Crippen LogP contribution in [0.2, 0.25) is 0 Å². The third-order valence-corrected chi connectivity index (χ3v) is 2.38. The van der Waals surface area contributed by atoms with Crippen LogP contribution in [0.15, 0.2) is 36.9 Å². The maximum atomic E-state index is 10.5. The molecule has 128 valence electrons. The highest BCUT2D eigenvalue weighted by atomic mass is 19.4. The zero-order chi connectivity index (χ0) is 18.2. The molecule has 0 amide bonds. The fourth-order valence-electron chi connectivity index (χ4n) is 1.31. The van der Waals surface area contributed by atoms with Crippen molar-refractivity contribution in [1.82, 2.24) is 15.1 Å². The van der Waals surface area contributed by atoms with Gasteiger partial charge in [0.15, 0.2) is 18.6 Å². The van der Waals surface area contributed by atoms with Crippen molar-refractivity contribution in [3.8, 4) is 11.4 Å². The zero-order valence-corrected chi connectivity index (χ0v) is 12.0. The van der Waals surface area contributed by atoms with Crippen LogP contribution in [0.4, 0.5) is 13.2 Å². The topological polar surface area (TPSA) is 120 Å². The number of hydrogen-bond acceptors (Lipinski definition) is 6. The van der Waals surface area contributed by atoms with E-state index in [2.05, 4.69) is 15.1 Å². The predicted octanol–water partition coefficient (Wildman–Crippen LogP) is -0.401. The molecule has 0 fully saturated rings. The van der Waals surface area contributed by atoms with Crippen LogP contribution in [-0.2, 0) is 16.1 Å². The number of carbonyl (C=O) groups excluding carboxylic acids is 1. The van der Waals surface area contributed by atoms with Crippen LogP contribution >= 0.6 is 0 Å². The molecule has 24 heavy (non-hydrogen) atoms. The van der Waals surface area contributed by atoms with Crippen LogP contribution in [0, 0.1) is 0 Å². The lowest BCUT2D eigenvalue weighted by atomic mass is 10.3. The molecular weight excluding hydrogens is 333 g/mol. The van der Waals surface area contributed by atoms with E-state index in [0.717, 1.165) is 5.56 Å². The number of aliphatic carboxylic acids is 2. The van der Waals surface area contributed by atoms with Crippen LogP contribution < -0.4 is 9.79 Å². The van der Waals surface area contributed by atoms with Crippen molar-refractivity contribution in [3.05, 3.63) is 36.9 Å². The van der Waals surface area contributed by atoms with E-state index in [9.17, 15) is 18.0 Å². The van der Waals surface area contributed by atoms with Gasteiger partial charge < -0.3 is 15.0 Å². The molecule has 0 aliphatic heterocycles. The Bertz CT molecular complexity index is 678. The van der Waals surface area contributed by atoms with Gasteiger partial charge in [-0.3, -0.25) is 4.79 Å².